The SMILES string of the molecule is CC[C@H](C(=O)NCC(C)C)N(Cc1ccc(F)cc1)C(=O)CN(c1ccccc1C)S(=O)(=O)c1ccc(C)cc1. The molecule has 3 rings (SSSR count). The Morgan fingerprint density at radius 1 is 0.925 bits per heavy atom. The van der Waals surface area contributed by atoms with E-state index in [4.69, 9.17) is 0 Å². The molecule has 0 bridgehead atoms. The van der Waals surface area contributed by atoms with Crippen LogP contribution in [0.2, 0.25) is 0 Å². The smallest absolute Gasteiger partial charge is 0.264 e. The lowest BCUT2D eigenvalue weighted by molar-refractivity contribution is -0.140. The number of halogens is 1. The van der Waals surface area contributed by atoms with Gasteiger partial charge < -0.3 is 10.2 Å². The van der Waals surface area contributed by atoms with Crippen molar-refractivity contribution in [2.75, 3.05) is 17.4 Å². The molecule has 40 heavy (non-hydrogen) atoms. The van der Waals surface area contributed by atoms with Crippen molar-refractivity contribution in [1.29, 1.82) is 0 Å². The molecule has 0 spiro atoms. The van der Waals surface area contributed by atoms with Crippen molar-refractivity contribution in [3.63, 3.8) is 0 Å². The summed E-state index contributed by atoms with van der Waals surface area (Å²) >= 11 is 0. The maximum atomic E-state index is 14.1. The Hall–Kier alpha value is -3.72. The Bertz CT molecular complexity index is 1410. The molecular formula is C31H38FN3O4S. The monoisotopic (exact) mass is 567 g/mol. The Kier molecular flexibility index (Phi) is 10.5. The van der Waals surface area contributed by atoms with Crippen LogP contribution in [0.1, 0.15) is 43.9 Å². The maximum Gasteiger partial charge on any atom is 0.264 e. The Morgan fingerprint density at radius 3 is 2.12 bits per heavy atom. The lowest BCUT2D eigenvalue weighted by Crippen LogP contribution is -2.52. The molecule has 1 N–H and O–H groups in total. The van der Waals surface area contributed by atoms with Crippen molar-refractivity contribution < 1.29 is 22.4 Å². The summed E-state index contributed by atoms with van der Waals surface area (Å²) < 4.78 is 42.6. The molecule has 0 aromatic heterocycles. The second-order valence-electron chi connectivity index (χ2n) is 10.3. The third-order valence-electron chi connectivity index (χ3n) is 6.61. The van der Waals surface area contributed by atoms with Gasteiger partial charge in [-0.2, -0.15) is 0 Å². The number of nitrogens with zero attached hydrogens (tertiary/aromatic N) is 2. The van der Waals surface area contributed by atoms with Crippen LogP contribution >= 0.6 is 0 Å². The molecule has 0 saturated heterocycles. The molecule has 0 aliphatic rings. The summed E-state index contributed by atoms with van der Waals surface area (Å²) in [4.78, 5) is 28.7. The Labute approximate surface area is 237 Å². The lowest BCUT2D eigenvalue weighted by Gasteiger charge is -2.33. The fourth-order valence-electron chi connectivity index (χ4n) is 4.32. The first-order valence-corrected chi connectivity index (χ1v) is 14.8. The minimum absolute atomic E-state index is 0.0128. The number of hydrogen-bond donors (Lipinski definition) is 1. The quantitative estimate of drug-likeness (QED) is 0.325. The number of sulfonamides is 1. The maximum absolute atomic E-state index is 14.1. The van der Waals surface area contributed by atoms with Crippen LogP contribution in [0.4, 0.5) is 10.1 Å². The highest BCUT2D eigenvalue weighted by molar-refractivity contribution is 7.92. The van der Waals surface area contributed by atoms with E-state index in [0.717, 1.165) is 9.87 Å². The van der Waals surface area contributed by atoms with Gasteiger partial charge in [-0.3, -0.25) is 13.9 Å². The van der Waals surface area contributed by atoms with Gasteiger partial charge in [0.15, 0.2) is 0 Å². The Balaban J connectivity index is 2.05. The van der Waals surface area contributed by atoms with Gasteiger partial charge in [0, 0.05) is 13.1 Å². The van der Waals surface area contributed by atoms with Gasteiger partial charge in [0.2, 0.25) is 11.8 Å². The molecule has 0 heterocycles. The van der Waals surface area contributed by atoms with E-state index in [2.05, 4.69) is 5.32 Å². The van der Waals surface area contributed by atoms with E-state index in [1.54, 1.807) is 62.4 Å². The number of aryl methyl sites for hydroxylation is 2. The van der Waals surface area contributed by atoms with Gasteiger partial charge in [-0.05, 0) is 67.6 Å². The van der Waals surface area contributed by atoms with E-state index in [9.17, 15) is 22.4 Å². The number of benzene rings is 3. The molecule has 0 saturated carbocycles. The minimum atomic E-state index is -4.14. The zero-order chi connectivity index (χ0) is 29.4. The standard InChI is InChI=1S/C31H38FN3O4S/c1-6-28(31(37)33-19-22(2)3)34(20-25-13-15-26(32)16-14-25)30(36)21-35(29-10-8-7-9-24(29)5)40(38,39)27-17-11-23(4)12-18-27/h7-18,22,28H,6,19-21H2,1-5H3,(H,33,37)/t28-/m1/s1. The molecule has 7 nitrogen and oxygen atoms in total. The number of nitrogens with one attached hydrogen (secondary N) is 1. The van der Waals surface area contributed by atoms with Crippen LogP contribution in [0.5, 0.6) is 0 Å². The second kappa shape index (κ2) is 13.6. The molecule has 0 aliphatic heterocycles. The predicted molar refractivity (Wildman–Crippen MR) is 156 cm³/mol. The highest BCUT2D eigenvalue weighted by Crippen LogP contribution is 2.27. The van der Waals surface area contributed by atoms with E-state index < -0.39 is 34.3 Å². The van der Waals surface area contributed by atoms with Crippen molar-refractivity contribution in [3.8, 4) is 0 Å². The molecule has 0 aliphatic carbocycles. The summed E-state index contributed by atoms with van der Waals surface area (Å²) in [5, 5.41) is 2.89. The molecule has 2 amide bonds. The molecule has 1 atom stereocenters. The first-order valence-electron chi connectivity index (χ1n) is 13.4. The molecule has 3 aromatic rings. The number of rotatable bonds is 12. The number of para-hydroxylation sites is 1. The van der Waals surface area contributed by atoms with Crippen LogP contribution < -0.4 is 9.62 Å². The third-order valence-corrected chi connectivity index (χ3v) is 8.38. The molecule has 0 radical (unpaired) electrons. The highest BCUT2D eigenvalue weighted by Gasteiger charge is 2.34. The summed E-state index contributed by atoms with van der Waals surface area (Å²) in [6.07, 6.45) is 0.311. The van der Waals surface area contributed by atoms with Crippen molar-refractivity contribution in [2.45, 2.75) is 58.5 Å². The number of carbonyl (C=O) groups excluding carboxylic acids is 2. The van der Waals surface area contributed by atoms with E-state index in [1.807, 2.05) is 20.8 Å². The van der Waals surface area contributed by atoms with E-state index in [0.29, 0.717) is 29.8 Å². The molecular weight excluding hydrogens is 529 g/mol. The topological polar surface area (TPSA) is 86.8 Å². The number of amides is 2. The molecule has 9 heteroatoms. The van der Waals surface area contributed by atoms with Crippen LogP contribution in [-0.4, -0.2) is 44.3 Å². The Morgan fingerprint density at radius 2 is 1.55 bits per heavy atom. The summed E-state index contributed by atoms with van der Waals surface area (Å²) in [5.74, 6) is -1.08. The number of anilines is 1. The van der Waals surface area contributed by atoms with E-state index >= 15 is 0 Å². The average molecular weight is 568 g/mol. The third kappa shape index (κ3) is 7.69. The first kappa shape index (κ1) is 30.8. The zero-order valence-electron chi connectivity index (χ0n) is 23.7. The fourth-order valence-corrected chi connectivity index (χ4v) is 5.80. The van der Waals surface area contributed by atoms with Crippen LogP contribution in [-0.2, 0) is 26.2 Å². The minimum Gasteiger partial charge on any atom is -0.354 e. The first-order chi connectivity index (χ1) is 18.9. The molecule has 214 valence electrons. The largest absolute Gasteiger partial charge is 0.354 e. The molecule has 0 unspecified atom stereocenters. The summed E-state index contributed by atoms with van der Waals surface area (Å²) in [7, 11) is -4.14. The van der Waals surface area contributed by atoms with E-state index in [-0.39, 0.29) is 23.3 Å². The van der Waals surface area contributed by atoms with Crippen LogP contribution in [0.15, 0.2) is 77.7 Å². The normalized spacial score (nSPS) is 12.2. The van der Waals surface area contributed by atoms with Crippen molar-refractivity contribution in [3.05, 3.63) is 95.3 Å². The van der Waals surface area contributed by atoms with Crippen LogP contribution in [0.3, 0.4) is 0 Å². The number of hydrogen-bond acceptors (Lipinski definition) is 4. The van der Waals surface area contributed by atoms with Gasteiger partial charge in [-0.25, -0.2) is 12.8 Å². The van der Waals surface area contributed by atoms with E-state index in [1.165, 1.54) is 29.2 Å². The van der Waals surface area contributed by atoms with Gasteiger partial charge in [0.25, 0.3) is 10.0 Å². The molecule has 3 aromatic carbocycles. The summed E-state index contributed by atoms with van der Waals surface area (Å²) in [5.41, 5.74) is 2.57. The fraction of sp³-hybridized carbons (Fsp3) is 0.355. The number of carbonyl (C=O) groups is 2. The van der Waals surface area contributed by atoms with Crippen LogP contribution in [0.25, 0.3) is 0 Å². The van der Waals surface area contributed by atoms with Gasteiger partial charge >= 0.3 is 0 Å². The van der Waals surface area contributed by atoms with Crippen LogP contribution in [0, 0.1) is 25.6 Å². The van der Waals surface area contributed by atoms with Gasteiger partial charge in [0.1, 0.15) is 18.4 Å². The van der Waals surface area contributed by atoms with Gasteiger partial charge in [-0.1, -0.05) is 68.8 Å². The van der Waals surface area contributed by atoms with Crippen molar-refractivity contribution in [1.82, 2.24) is 10.2 Å². The summed E-state index contributed by atoms with van der Waals surface area (Å²) in [6.45, 7) is 9.31. The highest BCUT2D eigenvalue weighted by atomic mass is 32.2. The zero-order valence-corrected chi connectivity index (χ0v) is 24.5. The molecule has 0 fully saturated rings. The van der Waals surface area contributed by atoms with Crippen molar-refractivity contribution in [2.24, 2.45) is 5.92 Å². The lowest BCUT2D eigenvalue weighted by atomic mass is 10.1. The van der Waals surface area contributed by atoms with Gasteiger partial charge in [0.05, 0.1) is 10.6 Å². The van der Waals surface area contributed by atoms with Crippen molar-refractivity contribution >= 4 is 27.5 Å². The average Bonchev–Trinajstić information content (AvgIpc) is 2.92. The van der Waals surface area contributed by atoms with Gasteiger partial charge in [-0.15, -0.1) is 0 Å². The summed E-state index contributed by atoms with van der Waals surface area (Å²) in [6, 6.07) is 18.2. The second-order valence-corrected chi connectivity index (χ2v) is 12.2. The predicted octanol–water partition coefficient (Wildman–Crippen LogP) is 5.22.